The molecular formula is C10H11BrFN. The molecule has 1 aromatic rings. The van der Waals surface area contributed by atoms with Gasteiger partial charge in [-0.25, -0.2) is 4.39 Å². The maximum atomic E-state index is 13.7. The predicted octanol–water partition coefficient (Wildman–Crippen LogP) is 2.84. The summed E-state index contributed by atoms with van der Waals surface area (Å²) in [7, 11) is 0. The van der Waals surface area contributed by atoms with E-state index < -0.39 is 0 Å². The molecule has 13 heavy (non-hydrogen) atoms. The van der Waals surface area contributed by atoms with Gasteiger partial charge in [0.1, 0.15) is 5.82 Å². The molecule has 1 saturated carbocycles. The van der Waals surface area contributed by atoms with Crippen LogP contribution in [0, 0.1) is 12.7 Å². The standard InChI is InChI=1S/C10H11BrFN/c1-6-8(11)3-2-7(9(6)12)10(13)4-5-10/h2-3H,4-5,13H2,1H3. The lowest BCUT2D eigenvalue weighted by Crippen LogP contribution is -2.20. The largest absolute Gasteiger partial charge is 0.321 e. The average molecular weight is 244 g/mol. The summed E-state index contributed by atoms with van der Waals surface area (Å²) in [4.78, 5) is 0. The molecule has 0 spiro atoms. The first-order chi connectivity index (χ1) is 6.04. The Labute approximate surface area is 85.3 Å². The van der Waals surface area contributed by atoms with Crippen LogP contribution >= 0.6 is 15.9 Å². The summed E-state index contributed by atoms with van der Waals surface area (Å²) in [6, 6.07) is 3.64. The van der Waals surface area contributed by atoms with Crippen molar-refractivity contribution in [3.8, 4) is 0 Å². The molecule has 1 aliphatic carbocycles. The summed E-state index contributed by atoms with van der Waals surface area (Å²) < 4.78 is 14.5. The highest BCUT2D eigenvalue weighted by Crippen LogP contribution is 2.44. The summed E-state index contributed by atoms with van der Waals surface area (Å²) in [5, 5.41) is 0. The van der Waals surface area contributed by atoms with Crippen LogP contribution in [0.3, 0.4) is 0 Å². The first kappa shape index (κ1) is 9.16. The zero-order valence-corrected chi connectivity index (χ0v) is 8.99. The monoisotopic (exact) mass is 243 g/mol. The highest BCUT2D eigenvalue weighted by molar-refractivity contribution is 9.10. The van der Waals surface area contributed by atoms with Crippen LogP contribution in [0.15, 0.2) is 16.6 Å². The molecule has 0 bridgehead atoms. The molecule has 1 fully saturated rings. The van der Waals surface area contributed by atoms with E-state index in [4.69, 9.17) is 5.73 Å². The van der Waals surface area contributed by atoms with Gasteiger partial charge in [-0.05, 0) is 31.4 Å². The van der Waals surface area contributed by atoms with Gasteiger partial charge in [0.25, 0.3) is 0 Å². The van der Waals surface area contributed by atoms with Gasteiger partial charge in [-0.15, -0.1) is 0 Å². The molecule has 0 atom stereocenters. The van der Waals surface area contributed by atoms with E-state index in [1.807, 2.05) is 6.07 Å². The highest BCUT2D eigenvalue weighted by Gasteiger charge is 2.42. The van der Waals surface area contributed by atoms with E-state index in [1.54, 1.807) is 13.0 Å². The van der Waals surface area contributed by atoms with Crippen molar-refractivity contribution in [2.75, 3.05) is 0 Å². The fraction of sp³-hybridized carbons (Fsp3) is 0.400. The van der Waals surface area contributed by atoms with Gasteiger partial charge in [0, 0.05) is 15.6 Å². The Hall–Kier alpha value is -0.410. The van der Waals surface area contributed by atoms with E-state index in [0.29, 0.717) is 11.1 Å². The van der Waals surface area contributed by atoms with Crippen LogP contribution in [0.1, 0.15) is 24.0 Å². The third-order valence-corrected chi connectivity index (χ3v) is 3.50. The van der Waals surface area contributed by atoms with Crippen molar-refractivity contribution >= 4 is 15.9 Å². The van der Waals surface area contributed by atoms with Gasteiger partial charge < -0.3 is 5.73 Å². The molecule has 70 valence electrons. The normalized spacial score (nSPS) is 18.8. The Morgan fingerprint density at radius 3 is 2.62 bits per heavy atom. The van der Waals surface area contributed by atoms with Gasteiger partial charge in [0.15, 0.2) is 0 Å². The van der Waals surface area contributed by atoms with Gasteiger partial charge in [-0.1, -0.05) is 22.0 Å². The van der Waals surface area contributed by atoms with Crippen LogP contribution in [0.2, 0.25) is 0 Å². The number of hydrogen-bond donors (Lipinski definition) is 1. The van der Waals surface area contributed by atoms with E-state index in [0.717, 1.165) is 17.3 Å². The van der Waals surface area contributed by atoms with Gasteiger partial charge in [-0.3, -0.25) is 0 Å². The van der Waals surface area contributed by atoms with E-state index in [-0.39, 0.29) is 11.4 Å². The van der Waals surface area contributed by atoms with E-state index in [1.165, 1.54) is 0 Å². The molecule has 1 nitrogen and oxygen atoms in total. The molecule has 0 saturated heterocycles. The van der Waals surface area contributed by atoms with Crippen LogP contribution in [-0.2, 0) is 5.54 Å². The summed E-state index contributed by atoms with van der Waals surface area (Å²) in [5.74, 6) is -0.158. The predicted molar refractivity (Wildman–Crippen MR) is 53.9 cm³/mol. The fourth-order valence-electron chi connectivity index (χ4n) is 1.45. The van der Waals surface area contributed by atoms with Crippen LogP contribution in [0.25, 0.3) is 0 Å². The minimum atomic E-state index is -0.379. The summed E-state index contributed by atoms with van der Waals surface area (Å²) >= 11 is 3.29. The number of rotatable bonds is 1. The van der Waals surface area contributed by atoms with E-state index in [9.17, 15) is 4.39 Å². The first-order valence-corrected chi connectivity index (χ1v) is 5.08. The number of hydrogen-bond acceptors (Lipinski definition) is 1. The minimum absolute atomic E-state index is 0.158. The van der Waals surface area contributed by atoms with Crippen molar-refractivity contribution in [3.05, 3.63) is 33.5 Å². The summed E-state index contributed by atoms with van der Waals surface area (Å²) in [5.41, 5.74) is 6.86. The van der Waals surface area contributed by atoms with Crippen molar-refractivity contribution < 1.29 is 4.39 Å². The second-order valence-corrected chi connectivity index (χ2v) is 4.54. The van der Waals surface area contributed by atoms with Crippen molar-refractivity contribution in [1.82, 2.24) is 0 Å². The molecule has 0 unspecified atom stereocenters. The van der Waals surface area contributed by atoms with E-state index >= 15 is 0 Å². The molecule has 0 heterocycles. The van der Waals surface area contributed by atoms with Crippen molar-refractivity contribution in [2.45, 2.75) is 25.3 Å². The maximum Gasteiger partial charge on any atom is 0.132 e. The first-order valence-electron chi connectivity index (χ1n) is 4.28. The van der Waals surface area contributed by atoms with Gasteiger partial charge in [0.2, 0.25) is 0 Å². The van der Waals surface area contributed by atoms with Crippen LogP contribution in [-0.4, -0.2) is 0 Å². The third kappa shape index (κ3) is 1.40. The molecule has 0 aromatic heterocycles. The molecule has 2 rings (SSSR count). The summed E-state index contributed by atoms with van der Waals surface area (Å²) in [6.07, 6.45) is 1.79. The van der Waals surface area contributed by atoms with Crippen LogP contribution < -0.4 is 5.73 Å². The van der Waals surface area contributed by atoms with Crippen LogP contribution in [0.5, 0.6) is 0 Å². The zero-order chi connectivity index (χ0) is 9.64. The Morgan fingerprint density at radius 1 is 1.46 bits per heavy atom. The molecule has 3 heteroatoms. The minimum Gasteiger partial charge on any atom is -0.321 e. The molecule has 2 N–H and O–H groups in total. The fourth-order valence-corrected chi connectivity index (χ4v) is 1.76. The lowest BCUT2D eigenvalue weighted by Gasteiger charge is -2.12. The molecule has 0 amide bonds. The third-order valence-electron chi connectivity index (χ3n) is 2.65. The SMILES string of the molecule is Cc1c(Br)ccc(C2(N)CC2)c1F. The van der Waals surface area contributed by atoms with Crippen LogP contribution in [0.4, 0.5) is 4.39 Å². The van der Waals surface area contributed by atoms with Gasteiger partial charge >= 0.3 is 0 Å². The Balaban J connectivity index is 2.54. The lowest BCUT2D eigenvalue weighted by atomic mass is 10.0. The topological polar surface area (TPSA) is 26.0 Å². The lowest BCUT2D eigenvalue weighted by molar-refractivity contribution is 0.569. The van der Waals surface area contributed by atoms with E-state index in [2.05, 4.69) is 15.9 Å². The average Bonchev–Trinajstić information content (AvgIpc) is 2.80. The number of benzene rings is 1. The quantitative estimate of drug-likeness (QED) is 0.807. The molecular weight excluding hydrogens is 233 g/mol. The van der Waals surface area contributed by atoms with Gasteiger partial charge in [-0.2, -0.15) is 0 Å². The summed E-state index contributed by atoms with van der Waals surface area (Å²) in [6.45, 7) is 1.76. The highest BCUT2D eigenvalue weighted by atomic mass is 79.9. The smallest absolute Gasteiger partial charge is 0.132 e. The number of halogens is 2. The Kier molecular flexibility index (Phi) is 1.96. The molecule has 0 aliphatic heterocycles. The van der Waals surface area contributed by atoms with Crippen molar-refractivity contribution in [3.63, 3.8) is 0 Å². The second kappa shape index (κ2) is 2.79. The second-order valence-electron chi connectivity index (χ2n) is 3.69. The van der Waals surface area contributed by atoms with Gasteiger partial charge in [0.05, 0.1) is 0 Å². The number of nitrogens with two attached hydrogens (primary N) is 1. The Bertz CT molecular complexity index is 358. The Morgan fingerprint density at radius 2 is 2.08 bits per heavy atom. The van der Waals surface area contributed by atoms with Crippen molar-refractivity contribution in [2.24, 2.45) is 5.73 Å². The maximum absolute atomic E-state index is 13.7. The molecule has 1 aromatic carbocycles. The van der Waals surface area contributed by atoms with Crippen molar-refractivity contribution in [1.29, 1.82) is 0 Å². The molecule has 1 aliphatic rings. The zero-order valence-electron chi connectivity index (χ0n) is 7.40. The molecule has 0 radical (unpaired) electrons.